The number of benzene rings is 1. The lowest BCUT2D eigenvalue weighted by molar-refractivity contribution is 0.0915. The zero-order valence-electron chi connectivity index (χ0n) is 17.9. The zero-order chi connectivity index (χ0) is 20.8. The molecule has 1 saturated heterocycles. The monoisotopic (exact) mass is 418 g/mol. The summed E-state index contributed by atoms with van der Waals surface area (Å²) in [6, 6.07) is 8.58. The largest absolute Gasteiger partial charge is 0.491 e. The van der Waals surface area contributed by atoms with Crippen molar-refractivity contribution in [1.29, 1.82) is 0 Å². The van der Waals surface area contributed by atoms with E-state index in [-0.39, 0.29) is 11.9 Å². The Bertz CT molecular complexity index is 995. The Balaban J connectivity index is 1.12. The van der Waals surface area contributed by atoms with Crippen molar-refractivity contribution < 1.29 is 9.53 Å². The molecule has 2 aromatic rings. The number of anilines is 2. The zero-order valence-corrected chi connectivity index (χ0v) is 17.9. The van der Waals surface area contributed by atoms with E-state index in [0.29, 0.717) is 12.2 Å². The fraction of sp³-hybridized carbons (Fsp3) is 0.520. The van der Waals surface area contributed by atoms with Crippen molar-refractivity contribution >= 4 is 17.4 Å². The first kappa shape index (κ1) is 19.0. The number of piperidine rings is 1. The van der Waals surface area contributed by atoms with Crippen molar-refractivity contribution in [2.24, 2.45) is 11.8 Å². The first-order valence-electron chi connectivity index (χ1n) is 11.8. The summed E-state index contributed by atoms with van der Waals surface area (Å²) in [6.07, 6.45) is 8.70. The number of carbonyl (C=O) groups excluding carboxylic acids is 1. The fourth-order valence-electron chi connectivity index (χ4n) is 5.81. The number of hydrogen-bond acceptors (Lipinski definition) is 5. The smallest absolute Gasteiger partial charge is 0.253 e. The molecular formula is C25H30N4O2. The molecule has 1 amide bonds. The molecule has 31 heavy (non-hydrogen) atoms. The van der Waals surface area contributed by atoms with Crippen LogP contribution in [0.1, 0.15) is 47.2 Å². The van der Waals surface area contributed by atoms with Gasteiger partial charge in [0.1, 0.15) is 18.2 Å². The van der Waals surface area contributed by atoms with Crippen molar-refractivity contribution in [3.8, 4) is 5.75 Å². The SMILES string of the molecule is O=C(N[C@H]1COc2cc(N3CC4CCC(C4)C3)ccc2C1)c1cnc2c(c1)CCCN2. The summed E-state index contributed by atoms with van der Waals surface area (Å²) >= 11 is 0. The lowest BCUT2D eigenvalue weighted by atomic mass is 9.97. The maximum Gasteiger partial charge on any atom is 0.253 e. The predicted molar refractivity (Wildman–Crippen MR) is 121 cm³/mol. The van der Waals surface area contributed by atoms with E-state index in [9.17, 15) is 4.79 Å². The molecule has 162 valence electrons. The number of carbonyl (C=O) groups is 1. The lowest BCUT2D eigenvalue weighted by Crippen LogP contribution is -2.43. The van der Waals surface area contributed by atoms with E-state index in [2.05, 4.69) is 38.7 Å². The normalized spacial score (nSPS) is 26.3. The Hall–Kier alpha value is -2.76. The van der Waals surface area contributed by atoms with E-state index >= 15 is 0 Å². The van der Waals surface area contributed by atoms with Gasteiger partial charge < -0.3 is 20.3 Å². The summed E-state index contributed by atoms with van der Waals surface area (Å²) < 4.78 is 6.10. The molecule has 0 spiro atoms. The van der Waals surface area contributed by atoms with Crippen molar-refractivity contribution in [3.05, 3.63) is 47.2 Å². The highest BCUT2D eigenvalue weighted by Gasteiger charge is 2.33. The van der Waals surface area contributed by atoms with Gasteiger partial charge in [-0.2, -0.15) is 0 Å². The molecule has 1 saturated carbocycles. The molecule has 4 aliphatic rings. The van der Waals surface area contributed by atoms with Crippen molar-refractivity contribution in [3.63, 3.8) is 0 Å². The number of nitrogens with zero attached hydrogens (tertiary/aromatic N) is 2. The van der Waals surface area contributed by atoms with Gasteiger partial charge in [0, 0.05) is 37.6 Å². The van der Waals surface area contributed by atoms with Crippen LogP contribution in [0.3, 0.4) is 0 Å². The van der Waals surface area contributed by atoms with Crippen LogP contribution in [0.25, 0.3) is 0 Å². The fourth-order valence-corrected chi connectivity index (χ4v) is 5.81. The molecule has 3 atom stereocenters. The highest BCUT2D eigenvalue weighted by Crippen LogP contribution is 2.39. The van der Waals surface area contributed by atoms with Crippen LogP contribution in [0.5, 0.6) is 5.75 Å². The molecule has 1 aromatic heterocycles. The third kappa shape index (κ3) is 3.73. The van der Waals surface area contributed by atoms with Crippen molar-refractivity contribution in [2.75, 3.05) is 36.5 Å². The quantitative estimate of drug-likeness (QED) is 0.800. The molecule has 2 unspecified atom stereocenters. The molecule has 6 heteroatoms. The molecule has 2 fully saturated rings. The Morgan fingerprint density at radius 3 is 2.90 bits per heavy atom. The Morgan fingerprint density at radius 1 is 1.16 bits per heavy atom. The van der Waals surface area contributed by atoms with Gasteiger partial charge in [-0.25, -0.2) is 4.98 Å². The van der Waals surface area contributed by atoms with Crippen LogP contribution < -0.4 is 20.3 Å². The summed E-state index contributed by atoms with van der Waals surface area (Å²) in [7, 11) is 0. The molecule has 3 aliphatic heterocycles. The molecular weight excluding hydrogens is 388 g/mol. The highest BCUT2D eigenvalue weighted by atomic mass is 16.5. The van der Waals surface area contributed by atoms with Gasteiger partial charge in [-0.3, -0.25) is 4.79 Å². The van der Waals surface area contributed by atoms with Gasteiger partial charge in [-0.15, -0.1) is 0 Å². The van der Waals surface area contributed by atoms with Crippen LogP contribution in [-0.2, 0) is 12.8 Å². The van der Waals surface area contributed by atoms with E-state index in [1.165, 1.54) is 43.6 Å². The molecule has 2 N–H and O–H groups in total. The second-order valence-corrected chi connectivity index (χ2v) is 9.69. The second-order valence-electron chi connectivity index (χ2n) is 9.69. The summed E-state index contributed by atoms with van der Waals surface area (Å²) in [4.78, 5) is 19.8. The topological polar surface area (TPSA) is 66.5 Å². The van der Waals surface area contributed by atoms with Gasteiger partial charge in [0.05, 0.1) is 11.6 Å². The molecule has 6 rings (SSSR count). The van der Waals surface area contributed by atoms with Crippen molar-refractivity contribution in [1.82, 2.24) is 10.3 Å². The Morgan fingerprint density at radius 2 is 2.03 bits per heavy atom. The number of aromatic nitrogens is 1. The molecule has 6 nitrogen and oxygen atoms in total. The van der Waals surface area contributed by atoms with Crippen LogP contribution in [0.2, 0.25) is 0 Å². The van der Waals surface area contributed by atoms with Gasteiger partial charge >= 0.3 is 0 Å². The summed E-state index contributed by atoms with van der Waals surface area (Å²) in [5, 5.41) is 6.44. The number of hydrogen-bond donors (Lipinski definition) is 2. The Kier molecular flexibility index (Phi) is 4.73. The average molecular weight is 419 g/mol. The number of pyridine rings is 1. The van der Waals surface area contributed by atoms with E-state index in [0.717, 1.165) is 54.8 Å². The minimum Gasteiger partial charge on any atom is -0.491 e. The van der Waals surface area contributed by atoms with E-state index in [1.54, 1.807) is 6.20 Å². The minimum absolute atomic E-state index is 0.0224. The standard InChI is InChI=1S/C25H30N4O2/c30-25(20-9-19-2-1-7-26-24(19)27-12-20)28-21-10-18-5-6-22(11-23(18)31-15-21)29-13-16-3-4-17(8-16)14-29/h5-6,9,11-12,16-17,21H,1-4,7-8,10,13-15H2,(H,26,27)(H,28,30)/t16?,17?,21-/m1/s1. The van der Waals surface area contributed by atoms with Crippen LogP contribution in [-0.4, -0.2) is 43.2 Å². The first-order chi connectivity index (χ1) is 15.2. The molecule has 1 aromatic carbocycles. The minimum atomic E-state index is -0.0710. The number of nitrogens with one attached hydrogen (secondary N) is 2. The van der Waals surface area contributed by atoms with Gasteiger partial charge in [-0.1, -0.05) is 6.07 Å². The number of ether oxygens (including phenoxy) is 1. The van der Waals surface area contributed by atoms with E-state index < -0.39 is 0 Å². The van der Waals surface area contributed by atoms with Gasteiger partial charge in [0.15, 0.2) is 0 Å². The number of amides is 1. The summed E-state index contributed by atoms with van der Waals surface area (Å²) in [5.41, 5.74) is 4.21. The highest BCUT2D eigenvalue weighted by molar-refractivity contribution is 5.94. The van der Waals surface area contributed by atoms with E-state index in [1.807, 2.05) is 6.07 Å². The first-order valence-corrected chi connectivity index (χ1v) is 11.8. The van der Waals surface area contributed by atoms with Gasteiger partial charge in [0.25, 0.3) is 5.91 Å². The third-order valence-electron chi connectivity index (χ3n) is 7.41. The van der Waals surface area contributed by atoms with Crippen LogP contribution in [0, 0.1) is 11.8 Å². The summed E-state index contributed by atoms with van der Waals surface area (Å²) in [6.45, 7) is 3.81. The second kappa shape index (κ2) is 7.74. The number of fused-ring (bicyclic) bond motifs is 4. The Labute approximate surface area is 183 Å². The molecule has 0 radical (unpaired) electrons. The maximum atomic E-state index is 12.8. The van der Waals surface area contributed by atoms with Crippen molar-refractivity contribution in [2.45, 2.75) is 44.6 Å². The van der Waals surface area contributed by atoms with Crippen LogP contribution in [0.15, 0.2) is 30.5 Å². The van der Waals surface area contributed by atoms with Gasteiger partial charge in [0.2, 0.25) is 0 Å². The molecule has 1 aliphatic carbocycles. The third-order valence-corrected chi connectivity index (χ3v) is 7.41. The van der Waals surface area contributed by atoms with Crippen LogP contribution >= 0.6 is 0 Å². The molecule has 4 heterocycles. The maximum absolute atomic E-state index is 12.8. The lowest BCUT2D eigenvalue weighted by Gasteiger charge is -2.34. The number of rotatable bonds is 3. The average Bonchev–Trinajstić information content (AvgIpc) is 3.15. The van der Waals surface area contributed by atoms with Crippen LogP contribution in [0.4, 0.5) is 11.5 Å². The summed E-state index contributed by atoms with van der Waals surface area (Å²) in [5.74, 6) is 3.55. The predicted octanol–water partition coefficient (Wildman–Crippen LogP) is 3.41. The van der Waals surface area contributed by atoms with E-state index in [4.69, 9.17) is 4.74 Å². The molecule has 2 bridgehead atoms. The number of aryl methyl sites for hydroxylation is 1. The van der Waals surface area contributed by atoms with Gasteiger partial charge in [-0.05, 0) is 73.6 Å².